The quantitative estimate of drug-likeness (QED) is 0.723. The molecule has 0 aliphatic heterocycles. The van der Waals surface area contributed by atoms with Crippen LogP contribution in [0, 0.1) is 0 Å². The molecule has 0 heterocycles. The van der Waals surface area contributed by atoms with Crippen molar-refractivity contribution in [2.75, 3.05) is 7.11 Å². The lowest BCUT2D eigenvalue weighted by molar-refractivity contribution is -0.141. The highest BCUT2D eigenvalue weighted by Gasteiger charge is 2.16. The average molecular weight is 234 g/mol. The maximum absolute atomic E-state index is 11.5. The third-order valence-corrected chi connectivity index (χ3v) is 3.42. The first-order chi connectivity index (χ1) is 8.13. The number of ether oxygens (including phenoxy) is 1. The van der Waals surface area contributed by atoms with Gasteiger partial charge in [-0.15, -0.1) is 0 Å². The lowest BCUT2D eigenvalue weighted by Crippen LogP contribution is -2.11. The van der Waals surface area contributed by atoms with Gasteiger partial charge in [0.1, 0.15) is 0 Å². The van der Waals surface area contributed by atoms with Gasteiger partial charge in [-0.3, -0.25) is 4.79 Å². The van der Waals surface area contributed by atoms with E-state index in [2.05, 4.69) is 26.0 Å². The molecule has 2 nitrogen and oxygen atoms in total. The Labute approximate surface area is 104 Å². The minimum atomic E-state index is -0.186. The zero-order valence-corrected chi connectivity index (χ0v) is 11.2. The van der Waals surface area contributed by atoms with E-state index >= 15 is 0 Å². The van der Waals surface area contributed by atoms with Crippen LogP contribution in [-0.4, -0.2) is 13.1 Å². The van der Waals surface area contributed by atoms with Crippen LogP contribution in [0.5, 0.6) is 0 Å². The van der Waals surface area contributed by atoms with Gasteiger partial charge in [-0.1, -0.05) is 38.1 Å². The van der Waals surface area contributed by atoms with Gasteiger partial charge in [0.25, 0.3) is 0 Å². The molecule has 1 atom stereocenters. The Hall–Kier alpha value is -1.31. The van der Waals surface area contributed by atoms with Gasteiger partial charge in [0.2, 0.25) is 0 Å². The van der Waals surface area contributed by atoms with Crippen molar-refractivity contribution in [1.29, 1.82) is 0 Å². The third kappa shape index (κ3) is 3.32. The van der Waals surface area contributed by atoms with E-state index in [-0.39, 0.29) is 11.9 Å². The van der Waals surface area contributed by atoms with E-state index in [4.69, 9.17) is 4.74 Å². The van der Waals surface area contributed by atoms with E-state index in [0.717, 1.165) is 18.4 Å². The Balaban J connectivity index is 2.96. The van der Waals surface area contributed by atoms with Crippen molar-refractivity contribution >= 4 is 5.97 Å². The van der Waals surface area contributed by atoms with Crippen molar-refractivity contribution in [3.63, 3.8) is 0 Å². The monoisotopic (exact) mass is 234 g/mol. The second kappa shape index (κ2) is 6.43. The summed E-state index contributed by atoms with van der Waals surface area (Å²) >= 11 is 0. The summed E-state index contributed by atoms with van der Waals surface area (Å²) in [6.45, 7) is 6.28. The van der Waals surface area contributed by atoms with Crippen molar-refractivity contribution < 1.29 is 9.53 Å². The first kappa shape index (κ1) is 13.8. The maximum atomic E-state index is 11.5. The van der Waals surface area contributed by atoms with E-state index < -0.39 is 0 Å². The lowest BCUT2D eigenvalue weighted by Gasteiger charge is -2.16. The molecule has 0 N–H and O–H groups in total. The van der Waals surface area contributed by atoms with Crippen LogP contribution >= 0.6 is 0 Å². The van der Waals surface area contributed by atoms with E-state index in [1.807, 2.05) is 19.1 Å². The van der Waals surface area contributed by atoms with Gasteiger partial charge in [0.05, 0.1) is 13.0 Å². The second-order valence-corrected chi connectivity index (χ2v) is 4.43. The Kier molecular flexibility index (Phi) is 5.20. The lowest BCUT2D eigenvalue weighted by atomic mass is 9.90. The van der Waals surface area contributed by atoms with Crippen LogP contribution in [0.2, 0.25) is 0 Å². The predicted octanol–water partition coefficient (Wildman–Crippen LogP) is 3.87. The maximum Gasteiger partial charge on any atom is 0.312 e. The van der Waals surface area contributed by atoms with Gasteiger partial charge in [0, 0.05) is 0 Å². The number of rotatable bonds is 5. The molecule has 94 valence electrons. The smallest absolute Gasteiger partial charge is 0.312 e. The molecule has 0 aliphatic rings. The van der Waals surface area contributed by atoms with Crippen LogP contribution in [0.3, 0.4) is 0 Å². The molecule has 0 aromatic heterocycles. The zero-order chi connectivity index (χ0) is 12.8. The van der Waals surface area contributed by atoms with Crippen molar-refractivity contribution in [2.24, 2.45) is 0 Å². The molecule has 0 saturated heterocycles. The molecule has 0 aliphatic carbocycles. The molecule has 17 heavy (non-hydrogen) atoms. The Bertz CT molecular complexity index is 367. The molecule has 0 spiro atoms. The van der Waals surface area contributed by atoms with Crippen molar-refractivity contribution in [3.05, 3.63) is 35.4 Å². The highest BCUT2D eigenvalue weighted by Crippen LogP contribution is 2.26. The molecule has 0 amide bonds. The highest BCUT2D eigenvalue weighted by molar-refractivity contribution is 5.77. The fourth-order valence-corrected chi connectivity index (χ4v) is 2.16. The van der Waals surface area contributed by atoms with E-state index in [1.165, 1.54) is 12.7 Å². The van der Waals surface area contributed by atoms with Crippen molar-refractivity contribution in [1.82, 2.24) is 0 Å². The number of hydrogen-bond acceptors (Lipinski definition) is 2. The van der Waals surface area contributed by atoms with Gasteiger partial charge in [0.15, 0.2) is 0 Å². The Morgan fingerprint density at radius 3 is 2.35 bits per heavy atom. The largest absolute Gasteiger partial charge is 0.469 e. The number of esters is 1. The molecule has 0 radical (unpaired) electrons. The third-order valence-electron chi connectivity index (χ3n) is 3.42. The average Bonchev–Trinajstić information content (AvgIpc) is 2.38. The van der Waals surface area contributed by atoms with Crippen LogP contribution < -0.4 is 0 Å². The predicted molar refractivity (Wildman–Crippen MR) is 70.2 cm³/mol. The van der Waals surface area contributed by atoms with E-state index in [1.54, 1.807) is 0 Å². The Morgan fingerprint density at radius 2 is 1.82 bits per heavy atom. The number of carbonyl (C=O) groups excluding carboxylic acids is 1. The molecule has 2 heteroatoms. The van der Waals surface area contributed by atoms with Gasteiger partial charge < -0.3 is 4.74 Å². The van der Waals surface area contributed by atoms with Gasteiger partial charge in [-0.2, -0.15) is 0 Å². The minimum absolute atomic E-state index is 0.174. The standard InChI is InChI=1S/C15H22O2/c1-5-12(6-2)14-9-7-8-13(10-14)11(3)15(16)17-4/h7-12H,5-6H2,1-4H3. The summed E-state index contributed by atoms with van der Waals surface area (Å²) in [6.07, 6.45) is 2.26. The fraction of sp³-hybridized carbons (Fsp3) is 0.533. The molecule has 0 fully saturated rings. The second-order valence-electron chi connectivity index (χ2n) is 4.43. The van der Waals surface area contributed by atoms with Crippen molar-refractivity contribution in [2.45, 2.75) is 45.4 Å². The number of benzene rings is 1. The summed E-state index contributed by atoms with van der Waals surface area (Å²) in [5, 5.41) is 0. The molecular weight excluding hydrogens is 212 g/mol. The summed E-state index contributed by atoms with van der Waals surface area (Å²) in [4.78, 5) is 11.5. The fourth-order valence-electron chi connectivity index (χ4n) is 2.16. The SMILES string of the molecule is CCC(CC)c1cccc(C(C)C(=O)OC)c1. The molecule has 1 rings (SSSR count). The van der Waals surface area contributed by atoms with Crippen LogP contribution in [0.25, 0.3) is 0 Å². The molecule has 0 saturated carbocycles. The summed E-state index contributed by atoms with van der Waals surface area (Å²) in [5.41, 5.74) is 2.37. The van der Waals surface area contributed by atoms with Crippen LogP contribution in [0.4, 0.5) is 0 Å². The number of carbonyl (C=O) groups is 1. The van der Waals surface area contributed by atoms with Crippen molar-refractivity contribution in [3.8, 4) is 0 Å². The van der Waals surface area contributed by atoms with Gasteiger partial charge in [-0.05, 0) is 36.8 Å². The summed E-state index contributed by atoms with van der Waals surface area (Å²) in [7, 11) is 1.43. The first-order valence-electron chi connectivity index (χ1n) is 6.31. The number of hydrogen-bond donors (Lipinski definition) is 0. The van der Waals surface area contributed by atoms with Crippen LogP contribution in [-0.2, 0) is 9.53 Å². The summed E-state index contributed by atoms with van der Waals surface area (Å²) in [6, 6.07) is 8.31. The Morgan fingerprint density at radius 1 is 1.24 bits per heavy atom. The molecule has 1 unspecified atom stereocenters. The molecule has 1 aromatic rings. The minimum Gasteiger partial charge on any atom is -0.469 e. The summed E-state index contributed by atoms with van der Waals surface area (Å²) < 4.78 is 4.78. The number of methoxy groups -OCH3 is 1. The van der Waals surface area contributed by atoms with Crippen LogP contribution in [0.1, 0.15) is 56.6 Å². The molecular formula is C15H22O2. The van der Waals surface area contributed by atoms with Gasteiger partial charge >= 0.3 is 5.97 Å². The summed E-state index contributed by atoms with van der Waals surface area (Å²) in [5.74, 6) is 0.223. The molecule has 0 bridgehead atoms. The van der Waals surface area contributed by atoms with Crippen LogP contribution in [0.15, 0.2) is 24.3 Å². The zero-order valence-electron chi connectivity index (χ0n) is 11.2. The normalized spacial score (nSPS) is 12.5. The van der Waals surface area contributed by atoms with E-state index in [9.17, 15) is 4.79 Å². The topological polar surface area (TPSA) is 26.3 Å². The van der Waals surface area contributed by atoms with E-state index in [0.29, 0.717) is 5.92 Å². The first-order valence-corrected chi connectivity index (χ1v) is 6.31. The highest BCUT2D eigenvalue weighted by atomic mass is 16.5. The van der Waals surface area contributed by atoms with Gasteiger partial charge in [-0.25, -0.2) is 0 Å². The molecule has 1 aromatic carbocycles.